The molecular weight excluding hydrogens is 509 g/mol. The Labute approximate surface area is 207 Å². The van der Waals surface area contributed by atoms with Crippen LogP contribution < -0.4 is 10.6 Å². The van der Waals surface area contributed by atoms with Gasteiger partial charge in [-0.25, -0.2) is 13.6 Å². The van der Waals surface area contributed by atoms with Crippen molar-refractivity contribution in [3.63, 3.8) is 0 Å². The number of nitrogens with one attached hydrogen (secondary N) is 2. The van der Waals surface area contributed by atoms with Crippen LogP contribution in [0.1, 0.15) is 22.7 Å². The molecule has 0 bridgehead atoms. The first kappa shape index (κ1) is 26.9. The number of halogens is 6. The van der Waals surface area contributed by atoms with E-state index >= 15 is 0 Å². The molecule has 0 aliphatic rings. The van der Waals surface area contributed by atoms with E-state index in [9.17, 15) is 31.5 Å². The second-order valence-corrected chi connectivity index (χ2v) is 8.06. The number of hydrogen-bond acceptors (Lipinski definition) is 4. The molecule has 3 rings (SSSR count). The molecule has 2 aromatic carbocycles. The Kier molecular flexibility index (Phi) is 8.46. The first-order valence-corrected chi connectivity index (χ1v) is 10.7. The summed E-state index contributed by atoms with van der Waals surface area (Å²) in [7, 11) is 1.06. The van der Waals surface area contributed by atoms with Crippen molar-refractivity contribution in [3.05, 3.63) is 94.3 Å². The molecule has 190 valence electrons. The van der Waals surface area contributed by atoms with Crippen LogP contribution in [0, 0.1) is 17.6 Å². The lowest BCUT2D eigenvalue weighted by Gasteiger charge is -2.26. The standard InChI is InChI=1S/C24H19ClF5N3O3/c1-36-22(34)19(12-32-23(35)33-18-4-2-3-16(26)10-18)21(20-6-5-15(25)11-31-20)13-7-14(24(28,29)30)9-17(27)8-13/h2-11,19,21H,12H2,1H3,(H2,32,33,35)/t19?,21-/m1/s1. The lowest BCUT2D eigenvalue weighted by molar-refractivity contribution is -0.145. The van der Waals surface area contributed by atoms with Gasteiger partial charge in [0.2, 0.25) is 0 Å². The topological polar surface area (TPSA) is 80.3 Å². The molecule has 2 N–H and O–H groups in total. The smallest absolute Gasteiger partial charge is 0.416 e. The lowest BCUT2D eigenvalue weighted by Crippen LogP contribution is -2.39. The summed E-state index contributed by atoms with van der Waals surface area (Å²) >= 11 is 5.88. The highest BCUT2D eigenvalue weighted by Gasteiger charge is 2.37. The number of carbonyl (C=O) groups excluding carboxylic acids is 2. The van der Waals surface area contributed by atoms with Gasteiger partial charge in [-0.3, -0.25) is 9.78 Å². The largest absolute Gasteiger partial charge is 0.469 e. The van der Waals surface area contributed by atoms with E-state index in [0.717, 1.165) is 19.2 Å². The fourth-order valence-corrected chi connectivity index (χ4v) is 3.68. The Bertz CT molecular complexity index is 1240. The first-order chi connectivity index (χ1) is 17.0. The molecule has 0 saturated carbocycles. The molecular formula is C24H19ClF5N3O3. The Morgan fingerprint density at radius 1 is 1.06 bits per heavy atom. The van der Waals surface area contributed by atoms with E-state index in [4.69, 9.17) is 16.3 Å². The van der Waals surface area contributed by atoms with Crippen molar-refractivity contribution >= 4 is 29.3 Å². The number of hydrogen-bond donors (Lipinski definition) is 2. The summed E-state index contributed by atoms with van der Waals surface area (Å²) in [5.41, 5.74) is -1.28. The highest BCUT2D eigenvalue weighted by molar-refractivity contribution is 6.30. The van der Waals surface area contributed by atoms with Gasteiger partial charge in [0.1, 0.15) is 11.6 Å². The number of carbonyl (C=O) groups is 2. The summed E-state index contributed by atoms with van der Waals surface area (Å²) in [5.74, 6) is -5.27. The number of anilines is 1. The van der Waals surface area contributed by atoms with Crippen LogP contribution in [0.25, 0.3) is 0 Å². The fraction of sp³-hybridized carbons (Fsp3) is 0.208. The summed E-state index contributed by atoms with van der Waals surface area (Å²) in [6.07, 6.45) is -3.65. The fourth-order valence-electron chi connectivity index (χ4n) is 3.57. The van der Waals surface area contributed by atoms with Gasteiger partial charge >= 0.3 is 18.2 Å². The van der Waals surface area contributed by atoms with Gasteiger partial charge < -0.3 is 15.4 Å². The number of alkyl halides is 3. The van der Waals surface area contributed by atoms with Crippen LogP contribution >= 0.6 is 11.6 Å². The summed E-state index contributed by atoms with van der Waals surface area (Å²) in [6.45, 7) is -0.444. The van der Waals surface area contributed by atoms with Crippen LogP contribution in [-0.2, 0) is 15.7 Å². The molecule has 6 nitrogen and oxygen atoms in total. The molecule has 0 saturated heterocycles. The van der Waals surface area contributed by atoms with Crippen molar-refractivity contribution in [2.45, 2.75) is 12.1 Å². The minimum absolute atomic E-state index is 0.0841. The highest BCUT2D eigenvalue weighted by atomic mass is 35.5. The minimum atomic E-state index is -4.86. The van der Waals surface area contributed by atoms with Crippen LogP contribution in [0.3, 0.4) is 0 Å². The number of esters is 1. The van der Waals surface area contributed by atoms with E-state index in [1.54, 1.807) is 0 Å². The average Bonchev–Trinajstić information content (AvgIpc) is 2.81. The van der Waals surface area contributed by atoms with Gasteiger partial charge in [0, 0.05) is 30.0 Å². The number of nitrogens with zero attached hydrogens (tertiary/aromatic N) is 1. The zero-order valence-electron chi connectivity index (χ0n) is 18.6. The van der Waals surface area contributed by atoms with Crippen LogP contribution in [0.15, 0.2) is 60.8 Å². The van der Waals surface area contributed by atoms with Gasteiger partial charge in [-0.1, -0.05) is 17.7 Å². The first-order valence-electron chi connectivity index (χ1n) is 10.4. The number of aromatic nitrogens is 1. The van der Waals surface area contributed by atoms with E-state index in [0.29, 0.717) is 12.1 Å². The Hall–Kier alpha value is -3.73. The third-order valence-corrected chi connectivity index (χ3v) is 5.37. The van der Waals surface area contributed by atoms with E-state index in [-0.39, 0.29) is 22.0 Å². The van der Waals surface area contributed by atoms with Gasteiger partial charge in [-0.05, 0) is 54.1 Å². The van der Waals surface area contributed by atoms with Crippen LogP contribution in [0.5, 0.6) is 0 Å². The van der Waals surface area contributed by atoms with E-state index in [1.807, 2.05) is 0 Å². The number of urea groups is 1. The predicted molar refractivity (Wildman–Crippen MR) is 121 cm³/mol. The van der Waals surface area contributed by atoms with Gasteiger partial charge in [-0.15, -0.1) is 0 Å². The monoisotopic (exact) mass is 527 g/mol. The molecule has 0 aliphatic heterocycles. The summed E-state index contributed by atoms with van der Waals surface area (Å²) in [5, 5.41) is 5.01. The van der Waals surface area contributed by atoms with Crippen LogP contribution in [0.4, 0.5) is 32.4 Å². The third-order valence-electron chi connectivity index (χ3n) is 5.15. The minimum Gasteiger partial charge on any atom is -0.469 e. The second kappa shape index (κ2) is 11.3. The predicted octanol–water partition coefficient (Wildman–Crippen LogP) is 5.77. The number of ether oxygens (including phenoxy) is 1. The van der Waals surface area contributed by atoms with E-state index in [1.165, 1.54) is 36.5 Å². The summed E-state index contributed by atoms with van der Waals surface area (Å²) in [6, 6.07) is 8.84. The maximum absolute atomic E-state index is 14.3. The molecule has 12 heteroatoms. The Morgan fingerprint density at radius 2 is 1.81 bits per heavy atom. The van der Waals surface area contributed by atoms with Crippen molar-refractivity contribution < 1.29 is 36.3 Å². The van der Waals surface area contributed by atoms with Gasteiger partial charge in [0.05, 0.1) is 23.6 Å². The molecule has 0 fully saturated rings. The number of rotatable bonds is 7. The molecule has 1 aromatic heterocycles. The van der Waals surface area contributed by atoms with Gasteiger partial charge in [0.25, 0.3) is 0 Å². The van der Waals surface area contributed by atoms with Crippen molar-refractivity contribution in [3.8, 4) is 0 Å². The summed E-state index contributed by atoms with van der Waals surface area (Å²) < 4.78 is 72.7. The quantitative estimate of drug-likeness (QED) is 0.302. The normalized spacial score (nSPS) is 13.0. The van der Waals surface area contributed by atoms with Gasteiger partial charge in [0.15, 0.2) is 0 Å². The van der Waals surface area contributed by atoms with E-state index in [2.05, 4.69) is 15.6 Å². The molecule has 2 amide bonds. The Morgan fingerprint density at radius 3 is 2.42 bits per heavy atom. The molecule has 3 aromatic rings. The maximum Gasteiger partial charge on any atom is 0.416 e. The van der Waals surface area contributed by atoms with Gasteiger partial charge in [-0.2, -0.15) is 13.2 Å². The zero-order chi connectivity index (χ0) is 26.5. The van der Waals surface area contributed by atoms with Crippen LogP contribution in [0.2, 0.25) is 5.02 Å². The van der Waals surface area contributed by atoms with E-state index < -0.39 is 53.8 Å². The van der Waals surface area contributed by atoms with Crippen LogP contribution in [-0.4, -0.2) is 30.6 Å². The lowest BCUT2D eigenvalue weighted by atomic mass is 9.82. The molecule has 36 heavy (non-hydrogen) atoms. The maximum atomic E-state index is 14.3. The number of amides is 2. The number of methoxy groups -OCH3 is 1. The zero-order valence-corrected chi connectivity index (χ0v) is 19.3. The molecule has 1 heterocycles. The average molecular weight is 528 g/mol. The summed E-state index contributed by atoms with van der Waals surface area (Å²) in [4.78, 5) is 29.2. The van der Waals surface area contributed by atoms with Crippen molar-refractivity contribution in [2.75, 3.05) is 19.0 Å². The number of benzene rings is 2. The van der Waals surface area contributed by atoms with Crippen molar-refractivity contribution in [1.82, 2.24) is 10.3 Å². The Balaban J connectivity index is 1.99. The highest BCUT2D eigenvalue weighted by Crippen LogP contribution is 2.37. The molecule has 2 atom stereocenters. The van der Waals surface area contributed by atoms with Crippen molar-refractivity contribution in [2.24, 2.45) is 5.92 Å². The molecule has 0 spiro atoms. The molecule has 1 unspecified atom stereocenters. The molecule has 0 radical (unpaired) electrons. The SMILES string of the molecule is COC(=O)C(CNC(=O)Nc1cccc(F)c1)[C@@H](c1cc(F)cc(C(F)(F)F)c1)c1ccc(Cl)cn1. The van der Waals surface area contributed by atoms with Crippen molar-refractivity contribution in [1.29, 1.82) is 0 Å². The third kappa shape index (κ3) is 6.91. The second-order valence-electron chi connectivity index (χ2n) is 7.62. The number of pyridine rings is 1. The molecule has 0 aliphatic carbocycles.